The lowest BCUT2D eigenvalue weighted by Crippen LogP contribution is -2.57. The zero-order valence-electron chi connectivity index (χ0n) is 21.0. The zero-order chi connectivity index (χ0) is 26.9. The van der Waals surface area contributed by atoms with Crippen LogP contribution in [0.4, 0.5) is 10.5 Å². The lowest BCUT2D eigenvalue weighted by Gasteiger charge is -2.33. The van der Waals surface area contributed by atoms with Gasteiger partial charge in [0.05, 0.1) is 24.8 Å². The first-order valence-electron chi connectivity index (χ1n) is 11.6. The number of methoxy groups -OCH3 is 1. The van der Waals surface area contributed by atoms with E-state index < -0.39 is 23.8 Å². The molecular weight excluding hydrogens is 474 g/mol. The van der Waals surface area contributed by atoms with Crippen molar-refractivity contribution in [1.82, 2.24) is 9.47 Å². The maximum absolute atomic E-state index is 13.5. The fraction of sp³-hybridized carbons (Fsp3) is 0.214. The van der Waals surface area contributed by atoms with Crippen LogP contribution in [0.3, 0.4) is 0 Å². The molecule has 1 aliphatic rings. The molecule has 1 fully saturated rings. The van der Waals surface area contributed by atoms with Gasteiger partial charge in [-0.3, -0.25) is 14.5 Å². The predicted molar refractivity (Wildman–Crippen MR) is 135 cm³/mol. The number of rotatable bonds is 7. The number of benzene rings is 2. The summed E-state index contributed by atoms with van der Waals surface area (Å²) in [5.41, 5.74) is 3.93. The molecule has 0 bridgehead atoms. The largest absolute Gasteiger partial charge is 0.545 e. The highest BCUT2D eigenvalue weighted by Gasteiger charge is 2.42. The molecule has 4 rings (SSSR count). The summed E-state index contributed by atoms with van der Waals surface area (Å²) in [7, 11) is 1.46. The Morgan fingerprint density at radius 1 is 0.973 bits per heavy atom. The van der Waals surface area contributed by atoms with Crippen LogP contribution in [0.2, 0.25) is 0 Å². The number of carbonyl (C=O) groups excluding carboxylic acids is 4. The zero-order valence-corrected chi connectivity index (χ0v) is 21.0. The van der Waals surface area contributed by atoms with Crippen LogP contribution in [0.1, 0.15) is 32.9 Å². The van der Waals surface area contributed by atoms with Gasteiger partial charge in [-0.1, -0.05) is 24.3 Å². The van der Waals surface area contributed by atoms with Crippen molar-refractivity contribution in [3.63, 3.8) is 0 Å². The Balaban J connectivity index is 1.81. The van der Waals surface area contributed by atoms with Crippen LogP contribution in [0.15, 0.2) is 60.2 Å². The minimum absolute atomic E-state index is 0.00881. The number of hydrogen-bond donors (Lipinski definition) is 0. The number of hydrogen-bond acceptors (Lipinski definition) is 6. The number of carboxylic acids is 1. The first kappa shape index (κ1) is 25.6. The lowest BCUT2D eigenvalue weighted by molar-refractivity contribution is -0.255. The van der Waals surface area contributed by atoms with Gasteiger partial charge in [0.2, 0.25) is 0 Å². The summed E-state index contributed by atoms with van der Waals surface area (Å²) in [6.07, 6.45) is 1.50. The van der Waals surface area contributed by atoms with E-state index in [1.807, 2.05) is 24.5 Å². The second kappa shape index (κ2) is 10.2. The Morgan fingerprint density at radius 3 is 2.30 bits per heavy atom. The third kappa shape index (κ3) is 4.68. The fourth-order valence-corrected chi connectivity index (χ4v) is 4.45. The van der Waals surface area contributed by atoms with E-state index in [9.17, 15) is 24.3 Å². The van der Waals surface area contributed by atoms with E-state index in [0.717, 1.165) is 32.4 Å². The molecule has 1 saturated heterocycles. The minimum atomic E-state index is -1.26. The molecule has 3 aromatic rings. The molecule has 0 unspecified atom stereocenters. The molecule has 2 aromatic carbocycles. The quantitative estimate of drug-likeness (QED) is 0.364. The van der Waals surface area contributed by atoms with E-state index in [-0.39, 0.29) is 24.3 Å². The molecule has 0 radical (unpaired) electrons. The molecule has 0 N–H and O–H groups in total. The number of urea groups is 1. The van der Waals surface area contributed by atoms with Gasteiger partial charge in [0, 0.05) is 24.2 Å². The molecule has 1 aliphatic heterocycles. The van der Waals surface area contributed by atoms with Crippen molar-refractivity contribution < 1.29 is 29.0 Å². The van der Waals surface area contributed by atoms with Crippen LogP contribution in [0.5, 0.6) is 0 Å². The van der Waals surface area contributed by atoms with Gasteiger partial charge < -0.3 is 19.2 Å². The summed E-state index contributed by atoms with van der Waals surface area (Å²) in [4.78, 5) is 53.2. The maximum Gasteiger partial charge on any atom is 0.338 e. The summed E-state index contributed by atoms with van der Waals surface area (Å²) in [6, 6.07) is 14.2. The van der Waals surface area contributed by atoms with Crippen molar-refractivity contribution in [1.29, 1.82) is 0 Å². The number of amides is 4. The molecule has 9 nitrogen and oxygen atoms in total. The van der Waals surface area contributed by atoms with Gasteiger partial charge in [-0.15, -0.1) is 0 Å². The van der Waals surface area contributed by atoms with E-state index in [4.69, 9.17) is 4.74 Å². The van der Waals surface area contributed by atoms with Crippen LogP contribution in [0.25, 0.3) is 11.8 Å². The van der Waals surface area contributed by atoms with E-state index in [2.05, 4.69) is 0 Å². The molecule has 0 saturated carbocycles. The number of para-hydroxylation sites is 1. The van der Waals surface area contributed by atoms with E-state index in [1.165, 1.54) is 25.3 Å². The highest BCUT2D eigenvalue weighted by Crippen LogP contribution is 2.29. The molecule has 0 spiro atoms. The van der Waals surface area contributed by atoms with Gasteiger partial charge in [-0.05, 0) is 73.9 Å². The first-order chi connectivity index (χ1) is 17.6. The van der Waals surface area contributed by atoms with Crippen molar-refractivity contribution in [3.8, 4) is 5.69 Å². The molecule has 2 heterocycles. The van der Waals surface area contributed by atoms with Crippen LogP contribution >= 0.6 is 0 Å². The number of barbiturate groups is 1. The second-order valence-electron chi connectivity index (χ2n) is 8.72. The summed E-state index contributed by atoms with van der Waals surface area (Å²) in [6.45, 7) is 5.62. The average molecular weight is 501 g/mol. The Hall–Kier alpha value is -4.50. The van der Waals surface area contributed by atoms with Crippen LogP contribution in [-0.2, 0) is 14.3 Å². The lowest BCUT2D eigenvalue weighted by atomic mass is 10.1. The summed E-state index contributed by atoms with van der Waals surface area (Å²) in [5, 5.41) is 11.2. The number of carbonyl (C=O) groups is 4. The molecule has 37 heavy (non-hydrogen) atoms. The van der Waals surface area contributed by atoms with Gasteiger partial charge in [-0.25, -0.2) is 9.69 Å². The van der Waals surface area contributed by atoms with Crippen LogP contribution in [-0.4, -0.2) is 53.5 Å². The van der Waals surface area contributed by atoms with Gasteiger partial charge in [0.25, 0.3) is 11.8 Å². The molecule has 0 atom stereocenters. The molecular formula is C28H26N3O6-. The number of carboxylic acid groups (broad SMARTS) is 1. The smallest absolute Gasteiger partial charge is 0.338 e. The monoisotopic (exact) mass is 500 g/mol. The van der Waals surface area contributed by atoms with Crippen LogP contribution in [0, 0.1) is 20.8 Å². The second-order valence-corrected chi connectivity index (χ2v) is 8.72. The van der Waals surface area contributed by atoms with E-state index in [0.29, 0.717) is 11.3 Å². The Labute approximate surface area is 214 Å². The number of aromatic carboxylic acids is 1. The first-order valence-corrected chi connectivity index (χ1v) is 11.6. The Kier molecular flexibility index (Phi) is 7.08. The van der Waals surface area contributed by atoms with Crippen molar-refractivity contribution in [3.05, 3.63) is 88.2 Å². The number of aryl methyl sites for hydroxylation is 2. The number of aromatic nitrogens is 1. The Morgan fingerprint density at radius 2 is 1.68 bits per heavy atom. The molecule has 190 valence electrons. The highest BCUT2D eigenvalue weighted by molar-refractivity contribution is 6.39. The summed E-state index contributed by atoms with van der Waals surface area (Å²) >= 11 is 0. The van der Waals surface area contributed by atoms with Gasteiger partial charge >= 0.3 is 6.03 Å². The molecule has 0 aliphatic carbocycles. The predicted octanol–water partition coefficient (Wildman–Crippen LogP) is 2.79. The highest BCUT2D eigenvalue weighted by atomic mass is 16.5. The number of imide groups is 2. The third-order valence-corrected chi connectivity index (χ3v) is 6.31. The van der Waals surface area contributed by atoms with E-state index >= 15 is 0 Å². The van der Waals surface area contributed by atoms with Crippen molar-refractivity contribution in [2.75, 3.05) is 25.2 Å². The molecule has 4 amide bonds. The van der Waals surface area contributed by atoms with Crippen molar-refractivity contribution >= 4 is 35.6 Å². The standard InChI is InChI=1S/C28H27N3O6/c1-17-14-20(27(34)35)10-11-24(17)30-18(2)15-21(19(30)3)16-23-25(32)29(12-13-37-4)28(36)31(26(23)33)22-8-6-5-7-9-22/h5-11,14-16H,12-13H2,1-4H3,(H,34,35)/p-1/b23-16-. The van der Waals surface area contributed by atoms with Crippen molar-refractivity contribution in [2.45, 2.75) is 20.8 Å². The van der Waals surface area contributed by atoms with Crippen molar-refractivity contribution in [2.24, 2.45) is 0 Å². The average Bonchev–Trinajstić information content (AvgIpc) is 3.14. The number of nitrogens with zero attached hydrogens (tertiary/aromatic N) is 3. The molecule has 1 aromatic heterocycles. The maximum atomic E-state index is 13.5. The van der Waals surface area contributed by atoms with Crippen LogP contribution < -0.4 is 10.0 Å². The third-order valence-electron chi connectivity index (χ3n) is 6.31. The number of anilines is 1. The SMILES string of the molecule is COCCN1C(=O)/C(=C/c2cc(C)n(-c3ccc(C(=O)[O-])cc3C)c2C)C(=O)N(c2ccccc2)C1=O. The minimum Gasteiger partial charge on any atom is -0.545 e. The van der Waals surface area contributed by atoms with Gasteiger partial charge in [0.15, 0.2) is 0 Å². The number of ether oxygens (including phenoxy) is 1. The topological polar surface area (TPSA) is 112 Å². The normalized spacial score (nSPS) is 15.1. The fourth-order valence-electron chi connectivity index (χ4n) is 4.45. The van der Waals surface area contributed by atoms with Gasteiger partial charge in [-0.2, -0.15) is 0 Å². The van der Waals surface area contributed by atoms with Gasteiger partial charge in [0.1, 0.15) is 5.57 Å². The molecule has 9 heteroatoms. The van der Waals surface area contributed by atoms with E-state index in [1.54, 1.807) is 43.3 Å². The summed E-state index contributed by atoms with van der Waals surface area (Å²) in [5.74, 6) is -2.67. The Bertz CT molecular complexity index is 1440. The summed E-state index contributed by atoms with van der Waals surface area (Å²) < 4.78 is 6.99.